The summed E-state index contributed by atoms with van der Waals surface area (Å²) in [5.74, 6) is 0.665. The van der Waals surface area contributed by atoms with Gasteiger partial charge >= 0.3 is 18.2 Å². The van der Waals surface area contributed by atoms with Gasteiger partial charge in [0.25, 0.3) is 0 Å². The fourth-order valence-electron chi connectivity index (χ4n) is 5.91. The molecule has 3 aliphatic rings. The third-order valence-corrected chi connectivity index (χ3v) is 8.29. The molecule has 5 rings (SSSR count). The number of aromatic nitrogens is 2. The molecular formula is C32H43N7O5. The second-order valence-electron chi connectivity index (χ2n) is 12.7. The summed E-state index contributed by atoms with van der Waals surface area (Å²) in [7, 11) is 2.10. The summed E-state index contributed by atoms with van der Waals surface area (Å²) in [4.78, 5) is 43.5. The average Bonchev–Trinajstić information content (AvgIpc) is 3.42. The van der Waals surface area contributed by atoms with Crippen molar-refractivity contribution in [2.75, 3.05) is 51.3 Å². The Balaban J connectivity index is 1.36. The number of likely N-dealkylation sites (N-methyl/N-ethyl adjacent to an activating group) is 1. The SMILES string of the molecule is CN1CCC[C@H]1COc1nc2c(c(N3CCN(C(=O)OCc4ccccc4)[C@@H](CC#N)C3)n1)CN(C(=O)OC(C)(C)C)CC2. The highest BCUT2D eigenvalue weighted by Gasteiger charge is 2.36. The average molecular weight is 606 g/mol. The Morgan fingerprint density at radius 1 is 1.05 bits per heavy atom. The van der Waals surface area contributed by atoms with E-state index in [4.69, 9.17) is 24.2 Å². The number of amides is 2. The van der Waals surface area contributed by atoms with Crippen molar-refractivity contribution in [2.24, 2.45) is 0 Å². The van der Waals surface area contributed by atoms with Gasteiger partial charge in [-0.25, -0.2) is 9.59 Å². The number of nitrogens with zero attached hydrogens (tertiary/aromatic N) is 7. The van der Waals surface area contributed by atoms with E-state index in [0.29, 0.717) is 63.6 Å². The van der Waals surface area contributed by atoms with Gasteiger partial charge in [0, 0.05) is 44.2 Å². The molecule has 3 aliphatic heterocycles. The van der Waals surface area contributed by atoms with E-state index < -0.39 is 17.7 Å². The zero-order valence-electron chi connectivity index (χ0n) is 26.2. The molecule has 0 aliphatic carbocycles. The summed E-state index contributed by atoms with van der Waals surface area (Å²) in [5, 5.41) is 9.65. The lowest BCUT2D eigenvalue weighted by atomic mass is 10.0. The number of carbonyl (C=O) groups is 2. The molecule has 12 heteroatoms. The van der Waals surface area contributed by atoms with Gasteiger partial charge in [-0.05, 0) is 52.8 Å². The quantitative estimate of drug-likeness (QED) is 0.458. The van der Waals surface area contributed by atoms with Crippen LogP contribution in [0.15, 0.2) is 30.3 Å². The summed E-state index contributed by atoms with van der Waals surface area (Å²) in [6.07, 6.45) is 2.06. The van der Waals surface area contributed by atoms with Crippen molar-refractivity contribution in [1.82, 2.24) is 24.7 Å². The molecule has 0 saturated carbocycles. The van der Waals surface area contributed by atoms with E-state index in [1.165, 1.54) is 0 Å². The summed E-state index contributed by atoms with van der Waals surface area (Å²) in [6.45, 7) is 9.24. The van der Waals surface area contributed by atoms with E-state index >= 15 is 0 Å². The number of fused-ring (bicyclic) bond motifs is 1. The summed E-state index contributed by atoms with van der Waals surface area (Å²) in [5.41, 5.74) is 1.96. The first kappa shape index (κ1) is 31.3. The summed E-state index contributed by atoms with van der Waals surface area (Å²) >= 11 is 0. The Kier molecular flexibility index (Phi) is 9.74. The lowest BCUT2D eigenvalue weighted by Crippen LogP contribution is -2.56. The number of piperazine rings is 1. The first-order chi connectivity index (χ1) is 21.1. The van der Waals surface area contributed by atoms with Crippen molar-refractivity contribution in [1.29, 1.82) is 5.26 Å². The number of hydrogen-bond donors (Lipinski definition) is 0. The largest absolute Gasteiger partial charge is 0.462 e. The third-order valence-electron chi connectivity index (χ3n) is 8.29. The minimum atomic E-state index is -0.613. The Morgan fingerprint density at radius 3 is 2.55 bits per heavy atom. The van der Waals surface area contributed by atoms with E-state index in [2.05, 4.69) is 22.9 Å². The number of carbonyl (C=O) groups excluding carboxylic acids is 2. The molecule has 0 N–H and O–H groups in total. The minimum absolute atomic E-state index is 0.144. The van der Waals surface area contributed by atoms with Crippen LogP contribution in [0.25, 0.3) is 0 Å². The van der Waals surface area contributed by atoms with Crippen LogP contribution in [0, 0.1) is 11.3 Å². The first-order valence-electron chi connectivity index (χ1n) is 15.4. The second-order valence-corrected chi connectivity index (χ2v) is 12.7. The van der Waals surface area contributed by atoms with Gasteiger partial charge in [-0.1, -0.05) is 30.3 Å². The monoisotopic (exact) mass is 605 g/mol. The van der Waals surface area contributed by atoms with Crippen LogP contribution >= 0.6 is 0 Å². The van der Waals surface area contributed by atoms with Crippen molar-refractivity contribution in [2.45, 2.75) is 77.3 Å². The zero-order valence-corrected chi connectivity index (χ0v) is 26.2. The molecule has 2 aromatic rings. The van der Waals surface area contributed by atoms with Gasteiger partial charge in [-0.3, -0.25) is 0 Å². The standard InChI is InChI=1S/C32H43N7O5/c1-32(2,3)44-30(40)38-16-13-27-26(20-38)28(35-29(34-27)42-22-25-11-8-15-36(25)4)37-17-18-39(24(19-37)12-14-33)31(41)43-21-23-9-6-5-7-10-23/h5-7,9-10,24-25H,8,11-13,15-22H2,1-4H3/t24-,25-/m0/s1. The highest BCUT2D eigenvalue weighted by atomic mass is 16.6. The maximum atomic E-state index is 13.1. The Bertz CT molecular complexity index is 1360. The number of hydrogen-bond acceptors (Lipinski definition) is 10. The molecule has 0 unspecified atom stereocenters. The molecular weight excluding hydrogens is 562 g/mol. The van der Waals surface area contributed by atoms with Gasteiger partial charge in [0.05, 0.1) is 30.8 Å². The van der Waals surface area contributed by atoms with Gasteiger partial charge in [0.1, 0.15) is 24.6 Å². The zero-order chi connectivity index (χ0) is 31.3. The van der Waals surface area contributed by atoms with Gasteiger partial charge in [-0.2, -0.15) is 15.2 Å². The molecule has 0 spiro atoms. The molecule has 4 heterocycles. The van der Waals surface area contributed by atoms with Crippen LogP contribution in [0.1, 0.15) is 56.9 Å². The molecule has 2 amide bonds. The minimum Gasteiger partial charge on any atom is -0.462 e. The molecule has 0 bridgehead atoms. The van der Waals surface area contributed by atoms with Crippen molar-refractivity contribution in [3.05, 3.63) is 47.2 Å². The van der Waals surface area contributed by atoms with Crippen LogP contribution in [0.4, 0.5) is 15.4 Å². The normalized spacial score (nSPS) is 20.6. The van der Waals surface area contributed by atoms with Crippen molar-refractivity contribution in [3.63, 3.8) is 0 Å². The van der Waals surface area contributed by atoms with Crippen LogP contribution < -0.4 is 9.64 Å². The third kappa shape index (κ3) is 7.69. The topological polar surface area (TPSA) is 124 Å². The van der Waals surface area contributed by atoms with Gasteiger partial charge in [-0.15, -0.1) is 0 Å². The predicted molar refractivity (Wildman–Crippen MR) is 163 cm³/mol. The highest BCUT2D eigenvalue weighted by Crippen LogP contribution is 2.32. The van der Waals surface area contributed by atoms with Gasteiger partial charge in [0.15, 0.2) is 0 Å². The van der Waals surface area contributed by atoms with Gasteiger partial charge < -0.3 is 33.8 Å². The molecule has 2 fully saturated rings. The molecule has 12 nitrogen and oxygen atoms in total. The molecule has 1 aromatic heterocycles. The van der Waals surface area contributed by atoms with E-state index in [1.54, 1.807) is 9.80 Å². The molecule has 44 heavy (non-hydrogen) atoms. The van der Waals surface area contributed by atoms with Crippen molar-refractivity contribution >= 4 is 18.0 Å². The van der Waals surface area contributed by atoms with E-state index in [9.17, 15) is 14.9 Å². The Morgan fingerprint density at radius 2 is 1.84 bits per heavy atom. The van der Waals surface area contributed by atoms with Crippen molar-refractivity contribution in [3.8, 4) is 12.1 Å². The number of likely N-dealkylation sites (tertiary alicyclic amines) is 1. The fraction of sp³-hybridized carbons (Fsp3) is 0.594. The fourth-order valence-corrected chi connectivity index (χ4v) is 5.91. The maximum Gasteiger partial charge on any atom is 0.410 e. The van der Waals surface area contributed by atoms with E-state index in [1.807, 2.05) is 51.1 Å². The second kappa shape index (κ2) is 13.7. The highest BCUT2D eigenvalue weighted by molar-refractivity contribution is 5.70. The van der Waals surface area contributed by atoms with Crippen LogP contribution in [0.2, 0.25) is 0 Å². The van der Waals surface area contributed by atoms with Crippen LogP contribution in [-0.2, 0) is 29.0 Å². The summed E-state index contributed by atoms with van der Waals surface area (Å²) in [6, 6.07) is 12.0. The number of ether oxygens (including phenoxy) is 3. The Hall–Kier alpha value is -4.11. The van der Waals surface area contributed by atoms with Crippen LogP contribution in [0.3, 0.4) is 0 Å². The molecule has 1 aromatic carbocycles. The summed E-state index contributed by atoms with van der Waals surface area (Å²) < 4.78 is 17.4. The van der Waals surface area contributed by atoms with Crippen LogP contribution in [0.5, 0.6) is 6.01 Å². The van der Waals surface area contributed by atoms with E-state index in [-0.39, 0.29) is 19.1 Å². The smallest absolute Gasteiger partial charge is 0.410 e. The number of benzene rings is 1. The van der Waals surface area contributed by atoms with Crippen LogP contribution in [-0.4, -0.2) is 101 Å². The van der Waals surface area contributed by atoms with E-state index in [0.717, 1.165) is 36.2 Å². The van der Waals surface area contributed by atoms with Crippen molar-refractivity contribution < 1.29 is 23.8 Å². The molecule has 236 valence electrons. The molecule has 0 radical (unpaired) electrons. The number of nitriles is 1. The van der Waals surface area contributed by atoms with Gasteiger partial charge in [0.2, 0.25) is 0 Å². The maximum absolute atomic E-state index is 13.1. The molecule has 2 atom stereocenters. The first-order valence-corrected chi connectivity index (χ1v) is 15.4. The lowest BCUT2D eigenvalue weighted by molar-refractivity contribution is 0.0222. The predicted octanol–water partition coefficient (Wildman–Crippen LogP) is 3.98. The lowest BCUT2D eigenvalue weighted by Gasteiger charge is -2.41. The Labute approximate surface area is 259 Å². The number of rotatable bonds is 7. The number of anilines is 1. The molecule has 2 saturated heterocycles.